The molecule has 1 aromatic carbocycles. The Bertz CT molecular complexity index is 653. The number of hydrogen-bond donors (Lipinski definition) is 0. The standard InChI is InChI=1S/C15H13Cl2FN2O/c16-11-2-1-10(7-12(11)17)15-9-20(5-6-21-15)14-3-4-19-8-13(14)18/h1-4,7-8,15H,5-6,9H2/t15-/m0/s1. The van der Waals surface area contributed by atoms with Crippen LogP contribution in [0.5, 0.6) is 0 Å². The van der Waals surface area contributed by atoms with E-state index in [1.54, 1.807) is 24.4 Å². The molecule has 1 aliphatic rings. The van der Waals surface area contributed by atoms with Gasteiger partial charge in [0, 0.05) is 19.3 Å². The number of aromatic nitrogens is 1. The molecule has 0 bridgehead atoms. The fourth-order valence-electron chi connectivity index (χ4n) is 2.41. The third-order valence-electron chi connectivity index (χ3n) is 3.47. The van der Waals surface area contributed by atoms with Crippen molar-refractivity contribution in [3.05, 3.63) is 58.1 Å². The van der Waals surface area contributed by atoms with E-state index in [-0.39, 0.29) is 11.9 Å². The van der Waals surface area contributed by atoms with Crippen molar-refractivity contribution in [2.75, 3.05) is 24.6 Å². The third-order valence-corrected chi connectivity index (χ3v) is 4.21. The molecular weight excluding hydrogens is 314 g/mol. The summed E-state index contributed by atoms with van der Waals surface area (Å²) in [5, 5.41) is 0.998. The van der Waals surface area contributed by atoms with E-state index in [0.717, 1.165) is 5.56 Å². The molecule has 0 amide bonds. The lowest BCUT2D eigenvalue weighted by Crippen LogP contribution is -2.38. The minimum Gasteiger partial charge on any atom is -0.370 e. The quantitative estimate of drug-likeness (QED) is 0.830. The first-order chi connectivity index (χ1) is 10.1. The summed E-state index contributed by atoms with van der Waals surface area (Å²) in [5.41, 5.74) is 1.47. The highest BCUT2D eigenvalue weighted by molar-refractivity contribution is 6.42. The molecule has 0 saturated carbocycles. The second kappa shape index (κ2) is 6.18. The lowest BCUT2D eigenvalue weighted by Gasteiger charge is -2.34. The first-order valence-corrected chi connectivity index (χ1v) is 7.32. The maximum atomic E-state index is 13.8. The second-order valence-electron chi connectivity index (χ2n) is 4.81. The Balaban J connectivity index is 1.83. The van der Waals surface area contributed by atoms with Crippen LogP contribution in [0.2, 0.25) is 10.0 Å². The Morgan fingerprint density at radius 2 is 2.10 bits per heavy atom. The Labute approximate surface area is 132 Å². The highest BCUT2D eigenvalue weighted by Gasteiger charge is 2.24. The van der Waals surface area contributed by atoms with Gasteiger partial charge < -0.3 is 9.64 Å². The highest BCUT2D eigenvalue weighted by Crippen LogP contribution is 2.31. The first-order valence-electron chi connectivity index (χ1n) is 6.56. The van der Waals surface area contributed by atoms with Crippen LogP contribution in [-0.2, 0) is 4.74 Å². The van der Waals surface area contributed by atoms with Gasteiger partial charge in [0.1, 0.15) is 6.10 Å². The van der Waals surface area contributed by atoms with Crippen molar-refractivity contribution in [2.24, 2.45) is 0 Å². The summed E-state index contributed by atoms with van der Waals surface area (Å²) in [7, 11) is 0. The van der Waals surface area contributed by atoms with Crippen LogP contribution < -0.4 is 4.90 Å². The molecule has 1 aliphatic heterocycles. The molecule has 6 heteroatoms. The molecule has 1 fully saturated rings. The zero-order valence-electron chi connectivity index (χ0n) is 11.1. The van der Waals surface area contributed by atoms with Crippen molar-refractivity contribution in [1.29, 1.82) is 0 Å². The van der Waals surface area contributed by atoms with E-state index in [4.69, 9.17) is 27.9 Å². The number of pyridine rings is 1. The first kappa shape index (κ1) is 14.6. The third kappa shape index (κ3) is 3.12. The maximum Gasteiger partial charge on any atom is 0.164 e. The van der Waals surface area contributed by atoms with Gasteiger partial charge in [-0.3, -0.25) is 4.98 Å². The van der Waals surface area contributed by atoms with Crippen molar-refractivity contribution in [2.45, 2.75) is 6.10 Å². The van der Waals surface area contributed by atoms with Gasteiger partial charge >= 0.3 is 0 Å². The summed E-state index contributed by atoms with van der Waals surface area (Å²) in [5.74, 6) is -0.327. The second-order valence-corrected chi connectivity index (χ2v) is 5.62. The molecule has 0 aliphatic carbocycles. The number of anilines is 1. The van der Waals surface area contributed by atoms with Gasteiger partial charge in [-0.2, -0.15) is 0 Å². The highest BCUT2D eigenvalue weighted by atomic mass is 35.5. The summed E-state index contributed by atoms with van der Waals surface area (Å²) in [6, 6.07) is 7.09. The topological polar surface area (TPSA) is 25.4 Å². The molecule has 0 radical (unpaired) electrons. The SMILES string of the molecule is Fc1cnccc1N1CCO[C@H](c2ccc(Cl)c(Cl)c2)C1. The molecule has 3 rings (SSSR count). The minimum atomic E-state index is -0.327. The molecule has 110 valence electrons. The van der Waals surface area contributed by atoms with Crippen LogP contribution in [-0.4, -0.2) is 24.7 Å². The molecule has 2 heterocycles. The van der Waals surface area contributed by atoms with Gasteiger partial charge in [0.05, 0.1) is 28.5 Å². The van der Waals surface area contributed by atoms with Gasteiger partial charge in [-0.05, 0) is 23.8 Å². The summed E-state index contributed by atoms with van der Waals surface area (Å²) in [6.07, 6.45) is 2.64. The molecule has 2 aromatic rings. The van der Waals surface area contributed by atoms with E-state index in [1.165, 1.54) is 6.20 Å². The van der Waals surface area contributed by atoms with E-state index < -0.39 is 0 Å². The summed E-state index contributed by atoms with van der Waals surface area (Å²) in [6.45, 7) is 1.71. The Morgan fingerprint density at radius 3 is 2.86 bits per heavy atom. The van der Waals surface area contributed by atoms with Crippen LogP contribution in [0.25, 0.3) is 0 Å². The van der Waals surface area contributed by atoms with Gasteiger partial charge in [0.2, 0.25) is 0 Å². The van der Waals surface area contributed by atoms with Crippen molar-refractivity contribution < 1.29 is 9.13 Å². The van der Waals surface area contributed by atoms with Crippen molar-refractivity contribution in [3.8, 4) is 0 Å². The molecule has 0 spiro atoms. The lowest BCUT2D eigenvalue weighted by atomic mass is 10.1. The van der Waals surface area contributed by atoms with E-state index >= 15 is 0 Å². The van der Waals surface area contributed by atoms with Gasteiger partial charge in [-0.15, -0.1) is 0 Å². The lowest BCUT2D eigenvalue weighted by molar-refractivity contribution is 0.0396. The molecule has 1 atom stereocenters. The van der Waals surface area contributed by atoms with E-state index in [2.05, 4.69) is 4.98 Å². The van der Waals surface area contributed by atoms with E-state index in [0.29, 0.717) is 35.4 Å². The van der Waals surface area contributed by atoms with Gasteiger partial charge in [-0.1, -0.05) is 29.3 Å². The number of ether oxygens (including phenoxy) is 1. The zero-order valence-corrected chi connectivity index (χ0v) is 12.6. The number of hydrogen-bond acceptors (Lipinski definition) is 3. The normalized spacial score (nSPS) is 18.8. The van der Waals surface area contributed by atoms with Crippen molar-refractivity contribution in [3.63, 3.8) is 0 Å². The summed E-state index contributed by atoms with van der Waals surface area (Å²) >= 11 is 12.0. The number of nitrogens with zero attached hydrogens (tertiary/aromatic N) is 2. The average Bonchev–Trinajstić information content (AvgIpc) is 2.51. The van der Waals surface area contributed by atoms with E-state index in [9.17, 15) is 4.39 Å². The number of halogens is 3. The number of benzene rings is 1. The molecule has 3 nitrogen and oxygen atoms in total. The van der Waals surface area contributed by atoms with Gasteiger partial charge in [0.15, 0.2) is 5.82 Å². The fourth-order valence-corrected chi connectivity index (χ4v) is 2.71. The molecule has 1 saturated heterocycles. The summed E-state index contributed by atoms with van der Waals surface area (Å²) < 4.78 is 19.6. The zero-order chi connectivity index (χ0) is 14.8. The van der Waals surface area contributed by atoms with Crippen LogP contribution in [0, 0.1) is 5.82 Å². The molecule has 21 heavy (non-hydrogen) atoms. The molecule has 0 N–H and O–H groups in total. The smallest absolute Gasteiger partial charge is 0.164 e. The minimum absolute atomic E-state index is 0.166. The van der Waals surface area contributed by atoms with Crippen LogP contribution in [0.15, 0.2) is 36.7 Å². The monoisotopic (exact) mass is 326 g/mol. The van der Waals surface area contributed by atoms with Crippen molar-refractivity contribution >= 4 is 28.9 Å². The Kier molecular flexibility index (Phi) is 4.29. The van der Waals surface area contributed by atoms with Crippen LogP contribution in [0.1, 0.15) is 11.7 Å². The molecular formula is C15H13Cl2FN2O. The molecule has 0 unspecified atom stereocenters. The predicted molar refractivity (Wildman–Crippen MR) is 81.6 cm³/mol. The van der Waals surface area contributed by atoms with Crippen LogP contribution >= 0.6 is 23.2 Å². The van der Waals surface area contributed by atoms with Crippen molar-refractivity contribution in [1.82, 2.24) is 4.98 Å². The number of morpholine rings is 1. The maximum absolute atomic E-state index is 13.8. The summed E-state index contributed by atoms with van der Waals surface area (Å²) in [4.78, 5) is 5.73. The number of rotatable bonds is 2. The van der Waals surface area contributed by atoms with Gasteiger partial charge in [0.25, 0.3) is 0 Å². The van der Waals surface area contributed by atoms with E-state index in [1.807, 2.05) is 11.0 Å². The average molecular weight is 327 g/mol. The Hall–Kier alpha value is -1.36. The van der Waals surface area contributed by atoms with Crippen LogP contribution in [0.3, 0.4) is 0 Å². The Morgan fingerprint density at radius 1 is 1.24 bits per heavy atom. The predicted octanol–water partition coefficient (Wildman–Crippen LogP) is 4.11. The fraction of sp³-hybridized carbons (Fsp3) is 0.267. The molecule has 1 aromatic heterocycles. The van der Waals surface area contributed by atoms with Gasteiger partial charge in [-0.25, -0.2) is 4.39 Å². The largest absolute Gasteiger partial charge is 0.370 e. The van der Waals surface area contributed by atoms with Crippen LogP contribution in [0.4, 0.5) is 10.1 Å².